The lowest BCUT2D eigenvalue weighted by Crippen LogP contribution is -2.41. The van der Waals surface area contributed by atoms with Gasteiger partial charge in [-0.15, -0.1) is 11.3 Å². The topological polar surface area (TPSA) is 58.5 Å². The number of para-hydroxylation sites is 1. The van der Waals surface area contributed by atoms with Crippen molar-refractivity contribution in [3.8, 4) is 5.75 Å². The van der Waals surface area contributed by atoms with E-state index >= 15 is 0 Å². The molecule has 2 rings (SSSR count). The summed E-state index contributed by atoms with van der Waals surface area (Å²) in [6.07, 6.45) is -0.204. The van der Waals surface area contributed by atoms with Crippen LogP contribution in [0.15, 0.2) is 29.3 Å². The molecule has 2 aromatic rings. The molecular weight excluding hydrogens is 327 g/mol. The van der Waals surface area contributed by atoms with Gasteiger partial charge >= 0.3 is 0 Å². The molecule has 0 radical (unpaired) electrons. The van der Waals surface area contributed by atoms with Crippen molar-refractivity contribution in [1.29, 1.82) is 0 Å². The minimum atomic E-state index is -0.360. The first kappa shape index (κ1) is 18.2. The largest absolute Gasteiger partial charge is 0.486 e. The Balaban J connectivity index is 1.79. The minimum absolute atomic E-state index is 0.204. The van der Waals surface area contributed by atoms with Crippen molar-refractivity contribution in [3.63, 3.8) is 0 Å². The second-order valence-corrected chi connectivity index (χ2v) is 6.70. The lowest BCUT2D eigenvalue weighted by Gasteiger charge is -2.17. The highest BCUT2D eigenvalue weighted by Gasteiger charge is 2.09. The highest BCUT2D eigenvalue weighted by Crippen LogP contribution is 2.17. The van der Waals surface area contributed by atoms with Crippen LogP contribution in [-0.2, 0) is 6.54 Å². The van der Waals surface area contributed by atoms with E-state index in [1.165, 1.54) is 10.9 Å². The summed E-state index contributed by atoms with van der Waals surface area (Å²) < 4.78 is 19.2. The standard InChI is InChI=1S/C17H23FN4OS/c1-11(23-15-8-6-5-7-14(15)18)9-20-17(19-4)21-10-16-22-12(2)13(3)24-16/h5-8,11H,9-10H2,1-4H3,(H2,19,20,21). The number of thiazole rings is 1. The zero-order valence-electron chi connectivity index (χ0n) is 14.4. The van der Waals surface area contributed by atoms with Gasteiger partial charge in [0.25, 0.3) is 0 Å². The third-order valence-electron chi connectivity index (χ3n) is 3.43. The number of rotatable bonds is 6. The zero-order chi connectivity index (χ0) is 17.5. The molecule has 0 aliphatic heterocycles. The Bertz CT molecular complexity index is 682. The van der Waals surface area contributed by atoms with Crippen molar-refractivity contribution in [3.05, 3.63) is 45.7 Å². The fraction of sp³-hybridized carbons (Fsp3) is 0.412. The lowest BCUT2D eigenvalue weighted by atomic mass is 10.3. The number of aryl methyl sites for hydroxylation is 2. The van der Waals surface area contributed by atoms with Gasteiger partial charge in [0.05, 0.1) is 18.8 Å². The van der Waals surface area contributed by atoms with Gasteiger partial charge in [0.15, 0.2) is 17.5 Å². The molecule has 1 aromatic heterocycles. The molecule has 1 atom stereocenters. The molecule has 0 aliphatic carbocycles. The predicted molar refractivity (Wildman–Crippen MR) is 96.3 cm³/mol. The van der Waals surface area contributed by atoms with Crippen LogP contribution in [0.25, 0.3) is 0 Å². The number of nitrogens with zero attached hydrogens (tertiary/aromatic N) is 2. The van der Waals surface area contributed by atoms with Crippen LogP contribution in [0.1, 0.15) is 22.5 Å². The molecule has 130 valence electrons. The summed E-state index contributed by atoms with van der Waals surface area (Å²) in [5.74, 6) is 0.550. The molecule has 24 heavy (non-hydrogen) atoms. The quantitative estimate of drug-likeness (QED) is 0.621. The van der Waals surface area contributed by atoms with Crippen molar-refractivity contribution in [1.82, 2.24) is 15.6 Å². The average molecular weight is 350 g/mol. The molecule has 0 saturated heterocycles. The maximum Gasteiger partial charge on any atom is 0.191 e. The maximum atomic E-state index is 13.6. The van der Waals surface area contributed by atoms with E-state index in [-0.39, 0.29) is 17.7 Å². The van der Waals surface area contributed by atoms with E-state index in [2.05, 4.69) is 27.5 Å². The third-order valence-corrected chi connectivity index (χ3v) is 4.50. The first-order chi connectivity index (χ1) is 11.5. The molecule has 0 saturated carbocycles. The third kappa shape index (κ3) is 5.19. The van der Waals surface area contributed by atoms with E-state index in [9.17, 15) is 4.39 Å². The van der Waals surface area contributed by atoms with Crippen LogP contribution in [-0.4, -0.2) is 30.6 Å². The van der Waals surface area contributed by atoms with Crippen LogP contribution in [0.3, 0.4) is 0 Å². The number of guanidine groups is 1. The Kier molecular flexibility index (Phi) is 6.54. The smallest absolute Gasteiger partial charge is 0.191 e. The van der Waals surface area contributed by atoms with Crippen LogP contribution in [0, 0.1) is 19.7 Å². The van der Waals surface area contributed by atoms with Gasteiger partial charge in [-0.3, -0.25) is 4.99 Å². The van der Waals surface area contributed by atoms with E-state index in [4.69, 9.17) is 4.74 Å². The van der Waals surface area contributed by atoms with Crippen LogP contribution in [0.4, 0.5) is 4.39 Å². The molecular formula is C17H23FN4OS. The van der Waals surface area contributed by atoms with Gasteiger partial charge in [0.1, 0.15) is 11.1 Å². The number of aromatic nitrogens is 1. The normalized spacial score (nSPS) is 12.8. The van der Waals surface area contributed by atoms with Gasteiger partial charge in [-0.2, -0.15) is 0 Å². The molecule has 7 heteroatoms. The summed E-state index contributed by atoms with van der Waals surface area (Å²) in [5, 5.41) is 7.40. The number of halogens is 1. The summed E-state index contributed by atoms with van der Waals surface area (Å²) in [5.41, 5.74) is 1.06. The van der Waals surface area contributed by atoms with Crippen LogP contribution in [0.5, 0.6) is 5.75 Å². The van der Waals surface area contributed by atoms with Gasteiger partial charge in [0.2, 0.25) is 0 Å². The number of benzene rings is 1. The Morgan fingerprint density at radius 2 is 2.08 bits per heavy atom. The second kappa shape index (κ2) is 8.63. The number of aliphatic imine (C=N–C) groups is 1. The van der Waals surface area contributed by atoms with Gasteiger partial charge in [-0.05, 0) is 32.9 Å². The highest BCUT2D eigenvalue weighted by molar-refractivity contribution is 7.11. The van der Waals surface area contributed by atoms with Crippen LogP contribution < -0.4 is 15.4 Å². The molecule has 5 nitrogen and oxygen atoms in total. The molecule has 1 aromatic carbocycles. The fourth-order valence-corrected chi connectivity index (χ4v) is 2.91. The predicted octanol–water partition coefficient (Wildman–Crippen LogP) is 3.03. The van der Waals surface area contributed by atoms with Crippen LogP contribution in [0.2, 0.25) is 0 Å². The summed E-state index contributed by atoms with van der Waals surface area (Å²) in [7, 11) is 1.70. The summed E-state index contributed by atoms with van der Waals surface area (Å²) in [6, 6.07) is 6.38. The van der Waals surface area contributed by atoms with Gasteiger partial charge in [-0.1, -0.05) is 12.1 Å². The summed E-state index contributed by atoms with van der Waals surface area (Å²) >= 11 is 1.67. The Morgan fingerprint density at radius 1 is 1.33 bits per heavy atom. The van der Waals surface area contributed by atoms with Crippen molar-refractivity contribution in [2.45, 2.75) is 33.4 Å². The van der Waals surface area contributed by atoms with Crippen molar-refractivity contribution < 1.29 is 9.13 Å². The van der Waals surface area contributed by atoms with Gasteiger partial charge < -0.3 is 15.4 Å². The van der Waals surface area contributed by atoms with E-state index in [0.717, 1.165) is 10.7 Å². The fourth-order valence-electron chi connectivity index (χ4n) is 2.03. The SMILES string of the molecule is CN=C(NCc1nc(C)c(C)s1)NCC(C)Oc1ccccc1F. The maximum absolute atomic E-state index is 13.6. The number of nitrogens with one attached hydrogen (secondary N) is 2. The van der Waals surface area contributed by atoms with Gasteiger partial charge in [0, 0.05) is 11.9 Å². The number of ether oxygens (including phenoxy) is 1. The summed E-state index contributed by atoms with van der Waals surface area (Å²) in [6.45, 7) is 7.06. The molecule has 0 amide bonds. The molecule has 1 heterocycles. The van der Waals surface area contributed by atoms with E-state index in [1.54, 1.807) is 36.6 Å². The minimum Gasteiger partial charge on any atom is -0.486 e. The van der Waals surface area contributed by atoms with Crippen molar-refractivity contribution >= 4 is 17.3 Å². The second-order valence-electron chi connectivity index (χ2n) is 5.41. The Labute approximate surface area is 146 Å². The summed E-state index contributed by atoms with van der Waals surface area (Å²) in [4.78, 5) is 9.88. The van der Waals surface area contributed by atoms with E-state index < -0.39 is 0 Å². The first-order valence-electron chi connectivity index (χ1n) is 7.78. The molecule has 2 N–H and O–H groups in total. The molecule has 0 bridgehead atoms. The molecule has 1 unspecified atom stereocenters. The van der Waals surface area contributed by atoms with Gasteiger partial charge in [-0.25, -0.2) is 9.37 Å². The van der Waals surface area contributed by atoms with E-state index in [0.29, 0.717) is 19.0 Å². The first-order valence-corrected chi connectivity index (χ1v) is 8.60. The van der Waals surface area contributed by atoms with Crippen molar-refractivity contribution in [2.24, 2.45) is 4.99 Å². The lowest BCUT2D eigenvalue weighted by molar-refractivity contribution is 0.214. The molecule has 0 spiro atoms. The Morgan fingerprint density at radius 3 is 2.71 bits per heavy atom. The highest BCUT2D eigenvalue weighted by atomic mass is 32.1. The number of hydrogen-bond donors (Lipinski definition) is 2. The molecule has 0 aliphatic rings. The van der Waals surface area contributed by atoms with Crippen molar-refractivity contribution in [2.75, 3.05) is 13.6 Å². The average Bonchev–Trinajstić information content (AvgIpc) is 2.88. The van der Waals surface area contributed by atoms with E-state index in [1.807, 2.05) is 13.8 Å². The Hall–Kier alpha value is -2.15. The monoisotopic (exact) mass is 350 g/mol. The zero-order valence-corrected chi connectivity index (χ0v) is 15.2. The number of hydrogen-bond acceptors (Lipinski definition) is 4. The molecule has 0 fully saturated rings. The van der Waals surface area contributed by atoms with Crippen LogP contribution >= 0.6 is 11.3 Å².